The van der Waals surface area contributed by atoms with Gasteiger partial charge in [-0.15, -0.1) is 0 Å². The van der Waals surface area contributed by atoms with Crippen LogP contribution in [0.4, 0.5) is 0 Å². The molecule has 0 rings (SSSR count). The smallest absolute Gasteiger partial charge is 0.268 e. The number of phosphoric acid groups is 1. The second-order valence-electron chi connectivity index (χ2n) is 10.3. The number of phosphoric ester groups is 1. The van der Waals surface area contributed by atoms with Crippen LogP contribution in [0.2, 0.25) is 0 Å². The van der Waals surface area contributed by atoms with Crippen molar-refractivity contribution in [2.24, 2.45) is 0 Å². The van der Waals surface area contributed by atoms with E-state index >= 15 is 0 Å². The number of likely N-dealkylation sites (N-methyl/N-ethyl adjacent to an activating group) is 1. The van der Waals surface area contributed by atoms with Crippen LogP contribution in [0.5, 0.6) is 0 Å². The summed E-state index contributed by atoms with van der Waals surface area (Å²) in [5.41, 5.74) is 0. The van der Waals surface area contributed by atoms with E-state index in [-0.39, 0.29) is 19.8 Å². The highest BCUT2D eigenvalue weighted by Gasteiger charge is 2.15. The van der Waals surface area contributed by atoms with Gasteiger partial charge in [-0.3, -0.25) is 4.57 Å². The molecule has 0 amide bonds. The molecule has 0 aromatic carbocycles. The highest BCUT2D eigenvalue weighted by molar-refractivity contribution is 7.45. The van der Waals surface area contributed by atoms with E-state index in [2.05, 4.69) is 31.2 Å². The van der Waals surface area contributed by atoms with Crippen LogP contribution in [0.15, 0.2) is 24.3 Å². The number of rotatable bonds is 25. The van der Waals surface area contributed by atoms with Gasteiger partial charge in [-0.1, -0.05) is 76.2 Å². The lowest BCUT2D eigenvalue weighted by Gasteiger charge is -2.27. The Labute approximate surface area is 215 Å². The normalized spacial score (nSPS) is 15.3. The highest BCUT2D eigenvalue weighted by Crippen LogP contribution is 2.38. The van der Waals surface area contributed by atoms with E-state index in [4.69, 9.17) is 13.8 Å². The van der Waals surface area contributed by atoms with Gasteiger partial charge < -0.3 is 28.3 Å². The fraction of sp³-hybridized carbons (Fsp3) is 0.852. The van der Waals surface area contributed by atoms with E-state index in [1.165, 1.54) is 57.8 Å². The van der Waals surface area contributed by atoms with Crippen molar-refractivity contribution in [1.82, 2.24) is 0 Å². The molecule has 0 aliphatic carbocycles. The Hall–Kier alpha value is -0.530. The monoisotopic (exact) mass is 519 g/mol. The summed E-state index contributed by atoms with van der Waals surface area (Å²) in [5, 5.41) is 9.83. The third kappa shape index (κ3) is 27.9. The van der Waals surface area contributed by atoms with Crippen molar-refractivity contribution in [3.8, 4) is 0 Å². The van der Waals surface area contributed by atoms with Crippen molar-refractivity contribution in [2.75, 3.05) is 54.1 Å². The van der Waals surface area contributed by atoms with Gasteiger partial charge >= 0.3 is 0 Å². The highest BCUT2D eigenvalue weighted by atomic mass is 31.2. The standard InChI is InChI=1S/C27H54NO6P/c1-5-6-7-8-9-10-11-12-13-14-15-16-17-18-19-20-21-23-32-25-27(29)26-34-35(30,31)33-24-22-28(2,3)4/h10-11,13-14,27,29H,5-9,12,15-26H2,1-4H3/b11-10-,14-13-. The second kappa shape index (κ2) is 22.7. The molecule has 0 heterocycles. The summed E-state index contributed by atoms with van der Waals surface area (Å²) in [7, 11) is 1.43. The van der Waals surface area contributed by atoms with E-state index in [9.17, 15) is 14.6 Å². The van der Waals surface area contributed by atoms with E-state index < -0.39 is 13.9 Å². The van der Waals surface area contributed by atoms with Gasteiger partial charge in [0, 0.05) is 6.61 Å². The van der Waals surface area contributed by atoms with E-state index in [0.717, 1.165) is 25.7 Å². The Morgan fingerprint density at radius 2 is 1.37 bits per heavy atom. The zero-order chi connectivity index (χ0) is 26.3. The molecule has 8 heteroatoms. The molecule has 35 heavy (non-hydrogen) atoms. The molecule has 0 fully saturated rings. The van der Waals surface area contributed by atoms with Crippen molar-refractivity contribution in [3.63, 3.8) is 0 Å². The minimum atomic E-state index is -4.39. The van der Waals surface area contributed by atoms with Crippen LogP contribution < -0.4 is 4.89 Å². The molecule has 2 atom stereocenters. The zero-order valence-corrected chi connectivity index (χ0v) is 23.9. The molecule has 208 valence electrons. The average Bonchev–Trinajstić information content (AvgIpc) is 2.78. The van der Waals surface area contributed by atoms with Crippen LogP contribution in [0.25, 0.3) is 0 Å². The Bertz CT molecular complexity index is 577. The zero-order valence-electron chi connectivity index (χ0n) is 23.0. The second-order valence-corrected chi connectivity index (χ2v) is 11.7. The maximum Gasteiger partial charge on any atom is 0.268 e. The van der Waals surface area contributed by atoms with Crippen LogP contribution in [0.1, 0.15) is 90.4 Å². The maximum absolute atomic E-state index is 11.7. The van der Waals surface area contributed by atoms with Gasteiger partial charge in [-0.05, 0) is 38.5 Å². The van der Waals surface area contributed by atoms with Crippen LogP contribution in [0, 0.1) is 0 Å². The van der Waals surface area contributed by atoms with E-state index in [1.807, 2.05) is 21.1 Å². The predicted octanol–water partition coefficient (Wildman–Crippen LogP) is 5.78. The van der Waals surface area contributed by atoms with Crippen LogP contribution in [-0.4, -0.2) is 69.8 Å². The van der Waals surface area contributed by atoms with Crippen LogP contribution in [0.3, 0.4) is 0 Å². The van der Waals surface area contributed by atoms with Crippen molar-refractivity contribution in [3.05, 3.63) is 24.3 Å². The minimum absolute atomic E-state index is 0.0461. The average molecular weight is 520 g/mol. The summed E-state index contributed by atoms with van der Waals surface area (Å²) in [6.45, 7) is 3.09. The molecule has 0 bridgehead atoms. The first-order valence-corrected chi connectivity index (χ1v) is 15.1. The third-order valence-corrected chi connectivity index (χ3v) is 6.45. The fourth-order valence-electron chi connectivity index (χ4n) is 3.28. The predicted molar refractivity (Wildman–Crippen MR) is 143 cm³/mol. The van der Waals surface area contributed by atoms with Crippen molar-refractivity contribution < 1.29 is 32.8 Å². The molecule has 0 spiro atoms. The molecular weight excluding hydrogens is 465 g/mol. The molecular formula is C27H54NO6P. The molecule has 7 nitrogen and oxygen atoms in total. The van der Waals surface area contributed by atoms with Gasteiger partial charge in [0.25, 0.3) is 7.82 Å². The molecule has 2 unspecified atom stereocenters. The molecule has 0 aliphatic rings. The third-order valence-electron chi connectivity index (χ3n) is 5.49. The van der Waals surface area contributed by atoms with Crippen molar-refractivity contribution in [2.45, 2.75) is 96.5 Å². The molecule has 0 aliphatic heterocycles. The van der Waals surface area contributed by atoms with Crippen molar-refractivity contribution in [1.29, 1.82) is 0 Å². The van der Waals surface area contributed by atoms with Crippen LogP contribution >= 0.6 is 7.82 Å². The maximum atomic E-state index is 11.7. The van der Waals surface area contributed by atoms with Crippen LogP contribution in [-0.2, 0) is 18.3 Å². The SMILES string of the molecule is CCCCCC/C=C\C/C=C\CCCCCCCCOCC(O)COP(=O)([O-])OCC[N+](C)(C)C. The number of hydrogen-bond donors (Lipinski definition) is 1. The van der Waals surface area contributed by atoms with Gasteiger partial charge in [0.2, 0.25) is 0 Å². The summed E-state index contributed by atoms with van der Waals surface area (Å²) < 4.78 is 27.2. The van der Waals surface area contributed by atoms with E-state index in [1.54, 1.807) is 0 Å². The first kappa shape index (κ1) is 34.5. The van der Waals surface area contributed by atoms with Gasteiger partial charge in [0.05, 0.1) is 34.4 Å². The summed E-state index contributed by atoms with van der Waals surface area (Å²) in [5.74, 6) is 0. The van der Waals surface area contributed by atoms with Gasteiger partial charge in [0.1, 0.15) is 19.3 Å². The van der Waals surface area contributed by atoms with Crippen molar-refractivity contribution >= 4 is 7.82 Å². The minimum Gasteiger partial charge on any atom is -0.756 e. The molecule has 0 saturated heterocycles. The number of allylic oxidation sites excluding steroid dienone is 4. The largest absolute Gasteiger partial charge is 0.756 e. The number of aliphatic hydroxyl groups is 1. The Kier molecular flexibility index (Phi) is 22.3. The molecule has 0 radical (unpaired) electrons. The lowest BCUT2D eigenvalue weighted by atomic mass is 10.1. The topological polar surface area (TPSA) is 88.0 Å². The first-order valence-electron chi connectivity index (χ1n) is 13.6. The Balaban J connectivity index is 3.46. The first-order chi connectivity index (χ1) is 16.7. The number of hydrogen-bond acceptors (Lipinski definition) is 6. The Morgan fingerprint density at radius 3 is 1.97 bits per heavy atom. The number of quaternary nitrogens is 1. The molecule has 0 aromatic rings. The van der Waals surface area contributed by atoms with Gasteiger partial charge in [-0.25, -0.2) is 0 Å². The number of ether oxygens (including phenoxy) is 1. The molecule has 1 N–H and O–H groups in total. The lowest BCUT2D eigenvalue weighted by Crippen LogP contribution is -2.37. The number of unbranched alkanes of at least 4 members (excludes halogenated alkanes) is 10. The summed E-state index contributed by atoms with van der Waals surface area (Å²) in [4.78, 5) is 11.7. The quantitative estimate of drug-likeness (QED) is 0.0712. The van der Waals surface area contributed by atoms with E-state index in [0.29, 0.717) is 17.6 Å². The number of nitrogens with zero attached hydrogens (tertiary/aromatic N) is 1. The lowest BCUT2D eigenvalue weighted by molar-refractivity contribution is -0.870. The van der Waals surface area contributed by atoms with Gasteiger partial charge in [-0.2, -0.15) is 0 Å². The number of aliphatic hydroxyl groups excluding tert-OH is 1. The molecule has 0 aromatic heterocycles. The summed E-state index contributed by atoms with van der Waals surface area (Å²) in [6, 6.07) is 0. The van der Waals surface area contributed by atoms with Gasteiger partial charge in [0.15, 0.2) is 0 Å². The molecule has 0 saturated carbocycles. The Morgan fingerprint density at radius 1 is 0.800 bits per heavy atom. The summed E-state index contributed by atoms with van der Waals surface area (Å²) in [6.07, 6.45) is 23.9. The fourth-order valence-corrected chi connectivity index (χ4v) is 4.01. The summed E-state index contributed by atoms with van der Waals surface area (Å²) >= 11 is 0.